The van der Waals surface area contributed by atoms with E-state index in [4.69, 9.17) is 0 Å². The highest BCUT2D eigenvalue weighted by molar-refractivity contribution is 5.84. The Bertz CT molecular complexity index is 58.6. The number of nitrogens with two attached hydrogens (primary N) is 1. The van der Waals surface area contributed by atoms with Crippen molar-refractivity contribution in [3.8, 4) is 0 Å². The van der Waals surface area contributed by atoms with Crippen LogP contribution in [0.25, 0.3) is 0 Å². The van der Waals surface area contributed by atoms with Crippen molar-refractivity contribution >= 4 is 5.91 Å². The second-order valence-electron chi connectivity index (χ2n) is 0.606. The van der Waals surface area contributed by atoms with E-state index in [1.54, 1.807) is 0 Å². The fourth-order valence-electron chi connectivity index (χ4n) is 0. The summed E-state index contributed by atoms with van der Waals surface area (Å²) < 4.78 is 0. The lowest BCUT2D eigenvalue weighted by Gasteiger charge is -1.65. The third-order valence-electron chi connectivity index (χ3n) is 0.201. The molecule has 0 unspecified atom stereocenters. The van der Waals surface area contributed by atoms with Crippen molar-refractivity contribution in [3.63, 3.8) is 0 Å². The number of rotatable bonds is 1. The number of carbonyl (C=O) groups is 1. The van der Waals surface area contributed by atoms with E-state index < -0.39 is 5.91 Å². The minimum absolute atomic E-state index is 0. The van der Waals surface area contributed by atoms with Crippen LogP contribution in [-0.2, 0) is 4.79 Å². The van der Waals surface area contributed by atoms with Crippen molar-refractivity contribution in [2.45, 2.75) is 7.43 Å². The lowest BCUT2D eigenvalue weighted by molar-refractivity contribution is -0.113. The van der Waals surface area contributed by atoms with Crippen LogP contribution < -0.4 is 5.73 Å². The predicted octanol–water partition coefficient (Wildman–Crippen LogP) is 0.294. The number of primary amides is 1. The Labute approximate surface area is 37.7 Å². The molecule has 0 bridgehead atoms. The molecule has 0 aromatic carbocycles. The van der Waals surface area contributed by atoms with E-state index in [0.29, 0.717) is 0 Å². The maximum atomic E-state index is 9.47. The first-order chi connectivity index (χ1) is 2.27. The fourth-order valence-corrected chi connectivity index (χ4v) is 0. The Hall–Kier alpha value is -0.790. The van der Waals surface area contributed by atoms with Gasteiger partial charge < -0.3 is 5.73 Å². The summed E-state index contributed by atoms with van der Waals surface area (Å²) in [4.78, 5) is 9.47. The molecule has 0 aliphatic carbocycles. The molecule has 0 heterocycles. The van der Waals surface area contributed by atoms with Gasteiger partial charge in [-0.2, -0.15) is 0 Å². The molecule has 0 aliphatic heterocycles. The molecule has 2 N–H and O–H groups in total. The van der Waals surface area contributed by atoms with Crippen molar-refractivity contribution in [2.24, 2.45) is 5.73 Å². The molecule has 0 spiro atoms. The smallest absolute Gasteiger partial charge is 0.240 e. The van der Waals surface area contributed by atoms with Crippen molar-refractivity contribution in [1.29, 1.82) is 0 Å². The van der Waals surface area contributed by atoms with Gasteiger partial charge in [-0.05, 0) is 6.08 Å². The number of hydrogen-bond donors (Lipinski definition) is 1. The van der Waals surface area contributed by atoms with Gasteiger partial charge in [0.05, 0.1) is 0 Å². The SMILES string of the molecule is C=CC(N)=O.[13CH4]. The first-order valence-electron chi connectivity index (χ1n) is 1.19. The molecule has 0 aromatic heterocycles. The van der Waals surface area contributed by atoms with Crippen LogP contribution in [0.3, 0.4) is 0 Å². The third kappa shape index (κ3) is 10.7. The van der Waals surface area contributed by atoms with Crippen LogP contribution in [0.2, 0.25) is 0 Å². The molecule has 0 rings (SSSR count). The van der Waals surface area contributed by atoms with E-state index >= 15 is 0 Å². The lowest BCUT2D eigenvalue weighted by Crippen LogP contribution is -2.04. The van der Waals surface area contributed by atoms with Gasteiger partial charge >= 0.3 is 0 Å². The Morgan fingerprint density at radius 3 is 2.00 bits per heavy atom. The van der Waals surface area contributed by atoms with Gasteiger partial charge in [-0.15, -0.1) is 0 Å². The average Bonchev–Trinajstić information content (AvgIpc) is 1.38. The highest BCUT2D eigenvalue weighted by Crippen LogP contribution is 1.48. The van der Waals surface area contributed by atoms with Crippen molar-refractivity contribution in [2.75, 3.05) is 0 Å². The van der Waals surface area contributed by atoms with Crippen LogP contribution in [0.1, 0.15) is 7.43 Å². The Balaban J connectivity index is 0. The van der Waals surface area contributed by atoms with E-state index in [9.17, 15) is 4.79 Å². The van der Waals surface area contributed by atoms with Crippen molar-refractivity contribution in [3.05, 3.63) is 12.7 Å². The summed E-state index contributed by atoms with van der Waals surface area (Å²) in [5.41, 5.74) is 4.53. The average molecular weight is 88.1 g/mol. The summed E-state index contributed by atoms with van der Waals surface area (Å²) >= 11 is 0. The maximum absolute atomic E-state index is 9.47. The quantitative estimate of drug-likeness (QED) is 0.363. The first-order valence-corrected chi connectivity index (χ1v) is 1.19. The van der Waals surface area contributed by atoms with E-state index in [2.05, 4.69) is 12.3 Å². The zero-order valence-electron chi connectivity index (χ0n) is 2.77. The second kappa shape index (κ2) is 4.21. The van der Waals surface area contributed by atoms with Gasteiger partial charge in [0.1, 0.15) is 0 Å². The zero-order valence-corrected chi connectivity index (χ0v) is 2.77. The summed E-state index contributed by atoms with van der Waals surface area (Å²) in [6, 6.07) is 0. The van der Waals surface area contributed by atoms with Gasteiger partial charge in [-0.3, -0.25) is 4.79 Å². The van der Waals surface area contributed by atoms with E-state index in [-0.39, 0.29) is 7.43 Å². The summed E-state index contributed by atoms with van der Waals surface area (Å²) in [5.74, 6) is -0.481. The molecule has 0 atom stereocenters. The van der Waals surface area contributed by atoms with Gasteiger partial charge in [0.25, 0.3) is 0 Å². The number of hydrogen-bond acceptors (Lipinski definition) is 1. The molecule has 2 nitrogen and oxygen atoms in total. The normalized spacial score (nSPS) is 5.33. The molecule has 36 valence electrons. The molecule has 0 aliphatic rings. The van der Waals surface area contributed by atoms with Crippen LogP contribution in [0.4, 0.5) is 0 Å². The molecule has 0 saturated heterocycles. The summed E-state index contributed by atoms with van der Waals surface area (Å²) in [5, 5.41) is 0. The molecule has 0 aromatic rings. The van der Waals surface area contributed by atoms with Crippen LogP contribution in [0.5, 0.6) is 0 Å². The highest BCUT2D eigenvalue weighted by atomic mass is 16.1. The van der Waals surface area contributed by atoms with Crippen LogP contribution >= 0.6 is 0 Å². The fraction of sp³-hybridized carbons (Fsp3) is 0.250. The van der Waals surface area contributed by atoms with Crippen LogP contribution in [-0.4, -0.2) is 5.91 Å². The summed E-state index contributed by atoms with van der Waals surface area (Å²) in [6.07, 6.45) is 1.06. The molecule has 0 saturated carbocycles. The molecule has 6 heavy (non-hydrogen) atoms. The summed E-state index contributed by atoms with van der Waals surface area (Å²) in [7, 11) is 0. The maximum Gasteiger partial charge on any atom is 0.240 e. The molecule has 1 amide bonds. The topological polar surface area (TPSA) is 43.1 Å². The van der Waals surface area contributed by atoms with Crippen LogP contribution in [0.15, 0.2) is 12.7 Å². The number of amides is 1. The number of carbonyl (C=O) groups excluding carboxylic acids is 1. The largest absolute Gasteiger partial charge is 0.366 e. The Morgan fingerprint density at radius 2 is 2.00 bits per heavy atom. The molecule has 0 fully saturated rings. The Morgan fingerprint density at radius 1 is 1.83 bits per heavy atom. The first kappa shape index (κ1) is 8.96. The molecule has 0 radical (unpaired) electrons. The van der Waals surface area contributed by atoms with Crippen molar-refractivity contribution in [1.82, 2.24) is 0 Å². The minimum atomic E-state index is -0.481. The Kier molecular flexibility index (Phi) is 6.29. The highest BCUT2D eigenvalue weighted by Gasteiger charge is 1.69. The van der Waals surface area contributed by atoms with Gasteiger partial charge in [0.2, 0.25) is 5.91 Å². The van der Waals surface area contributed by atoms with Gasteiger partial charge in [-0.1, -0.05) is 14.0 Å². The molecular formula is C4H9NO. The second-order valence-corrected chi connectivity index (χ2v) is 0.606. The van der Waals surface area contributed by atoms with Gasteiger partial charge in [-0.25, -0.2) is 0 Å². The molecule has 2 heteroatoms. The van der Waals surface area contributed by atoms with Crippen molar-refractivity contribution < 1.29 is 4.79 Å². The van der Waals surface area contributed by atoms with Crippen LogP contribution in [0, 0.1) is 0 Å². The lowest BCUT2D eigenvalue weighted by atomic mass is 10.6. The third-order valence-corrected chi connectivity index (χ3v) is 0.201. The van der Waals surface area contributed by atoms with Gasteiger partial charge in [0.15, 0.2) is 0 Å². The minimum Gasteiger partial charge on any atom is -0.366 e. The molecular weight excluding hydrogens is 79.0 g/mol. The summed E-state index contributed by atoms with van der Waals surface area (Å²) in [6.45, 7) is 3.09. The van der Waals surface area contributed by atoms with E-state index in [1.807, 2.05) is 0 Å². The van der Waals surface area contributed by atoms with Gasteiger partial charge in [0, 0.05) is 0 Å². The standard InChI is InChI=1S/C3H5NO.CH4/c1-2-3(4)5;/h2H,1H2,(H2,4,5);1H4/i;1+1. The monoisotopic (exact) mass is 88.1 g/mol. The van der Waals surface area contributed by atoms with E-state index in [0.717, 1.165) is 6.08 Å². The predicted molar refractivity (Wildman–Crippen MR) is 26.1 cm³/mol. The zero-order chi connectivity index (χ0) is 4.28. The van der Waals surface area contributed by atoms with E-state index in [1.165, 1.54) is 0 Å².